The molecule has 0 fully saturated rings. The molecule has 1 N–H and O–H groups in total. The number of ether oxygens (including phenoxy) is 1. The summed E-state index contributed by atoms with van der Waals surface area (Å²) in [4.78, 5) is 0. The third kappa shape index (κ3) is 3.42. The summed E-state index contributed by atoms with van der Waals surface area (Å²) in [5.74, 6) is 2.07. The molecule has 112 valence electrons. The quantitative estimate of drug-likeness (QED) is 0.885. The number of furan rings is 1. The Morgan fingerprint density at radius 3 is 3.05 bits per heavy atom. The Hall–Kier alpha value is -1.45. The zero-order chi connectivity index (χ0) is 14.7. The second-order valence-corrected chi connectivity index (χ2v) is 5.90. The topological polar surface area (TPSA) is 34.4 Å². The highest BCUT2D eigenvalue weighted by Crippen LogP contribution is 2.33. The van der Waals surface area contributed by atoms with Gasteiger partial charge in [0.05, 0.1) is 12.9 Å². The Labute approximate surface area is 130 Å². The van der Waals surface area contributed by atoms with E-state index in [1.165, 1.54) is 11.1 Å². The van der Waals surface area contributed by atoms with E-state index in [1.54, 1.807) is 6.26 Å². The highest BCUT2D eigenvalue weighted by molar-refractivity contribution is 6.30. The van der Waals surface area contributed by atoms with Gasteiger partial charge >= 0.3 is 0 Å². The first-order valence-corrected chi connectivity index (χ1v) is 7.78. The zero-order valence-electron chi connectivity index (χ0n) is 12.2. The molecule has 1 atom stereocenters. The Morgan fingerprint density at radius 1 is 1.38 bits per heavy atom. The second kappa shape index (κ2) is 6.54. The van der Waals surface area contributed by atoms with Crippen molar-refractivity contribution >= 4 is 11.6 Å². The van der Waals surface area contributed by atoms with E-state index in [9.17, 15) is 0 Å². The molecule has 0 bridgehead atoms. The van der Waals surface area contributed by atoms with Crippen LogP contribution in [0.2, 0.25) is 5.02 Å². The van der Waals surface area contributed by atoms with Crippen LogP contribution in [0.15, 0.2) is 34.9 Å². The lowest BCUT2D eigenvalue weighted by atomic mass is 9.98. The van der Waals surface area contributed by atoms with E-state index in [0.29, 0.717) is 6.04 Å². The first kappa shape index (κ1) is 14.5. The van der Waals surface area contributed by atoms with E-state index in [-0.39, 0.29) is 0 Å². The highest BCUT2D eigenvalue weighted by atomic mass is 35.5. The number of fused-ring (bicyclic) bond motifs is 1. The number of halogens is 1. The van der Waals surface area contributed by atoms with Crippen LogP contribution in [0.5, 0.6) is 5.75 Å². The molecule has 0 spiro atoms. The van der Waals surface area contributed by atoms with Crippen molar-refractivity contribution < 1.29 is 9.15 Å². The minimum absolute atomic E-state index is 0.377. The van der Waals surface area contributed by atoms with Gasteiger partial charge in [-0.1, -0.05) is 11.6 Å². The summed E-state index contributed by atoms with van der Waals surface area (Å²) >= 11 is 6.22. The van der Waals surface area contributed by atoms with Gasteiger partial charge in [-0.15, -0.1) is 0 Å². The number of rotatable bonds is 6. The molecule has 1 aromatic heterocycles. The standard InChI is InChI=1S/C17H20ClNO2/c1-19-15(4-5-16-3-2-7-20-16)11-13-10-14(18)9-12-6-8-21-17(12)13/h2-3,7,9-10,15,19H,4-6,8,11H2,1H3. The maximum Gasteiger partial charge on any atom is 0.125 e. The van der Waals surface area contributed by atoms with Gasteiger partial charge in [-0.25, -0.2) is 0 Å². The molecule has 2 aromatic rings. The van der Waals surface area contributed by atoms with Crippen LogP contribution in [0.4, 0.5) is 0 Å². The summed E-state index contributed by atoms with van der Waals surface area (Å²) in [7, 11) is 2.00. The Kier molecular flexibility index (Phi) is 4.51. The zero-order valence-corrected chi connectivity index (χ0v) is 13.0. The fourth-order valence-corrected chi connectivity index (χ4v) is 3.15. The number of nitrogens with one attached hydrogen (secondary N) is 1. The van der Waals surface area contributed by atoms with Gasteiger partial charge in [0, 0.05) is 23.9 Å². The third-order valence-electron chi connectivity index (χ3n) is 4.02. The lowest BCUT2D eigenvalue weighted by Crippen LogP contribution is -2.28. The molecule has 0 aliphatic carbocycles. The fraction of sp³-hybridized carbons (Fsp3) is 0.412. The molecule has 1 aliphatic heterocycles. The van der Waals surface area contributed by atoms with Crippen molar-refractivity contribution in [3.05, 3.63) is 52.4 Å². The summed E-state index contributed by atoms with van der Waals surface area (Å²) in [6.45, 7) is 0.763. The first-order chi connectivity index (χ1) is 10.3. The average molecular weight is 306 g/mol. The van der Waals surface area contributed by atoms with Crippen molar-refractivity contribution in [3.63, 3.8) is 0 Å². The van der Waals surface area contributed by atoms with Gasteiger partial charge in [0.1, 0.15) is 11.5 Å². The van der Waals surface area contributed by atoms with Crippen molar-refractivity contribution in [2.75, 3.05) is 13.7 Å². The number of hydrogen-bond donors (Lipinski definition) is 1. The molecule has 1 unspecified atom stereocenters. The molecule has 0 amide bonds. The lowest BCUT2D eigenvalue weighted by Gasteiger charge is -2.17. The van der Waals surface area contributed by atoms with Crippen molar-refractivity contribution in [2.24, 2.45) is 0 Å². The van der Waals surface area contributed by atoms with Crippen LogP contribution < -0.4 is 10.1 Å². The normalized spacial score (nSPS) is 14.8. The van der Waals surface area contributed by atoms with Gasteiger partial charge in [-0.2, -0.15) is 0 Å². The molecule has 0 radical (unpaired) electrons. The molecular weight excluding hydrogens is 286 g/mol. The summed E-state index contributed by atoms with van der Waals surface area (Å²) in [6, 6.07) is 8.38. The van der Waals surface area contributed by atoms with Crippen LogP contribution in [0.1, 0.15) is 23.3 Å². The van der Waals surface area contributed by atoms with Crippen molar-refractivity contribution in [1.82, 2.24) is 5.32 Å². The van der Waals surface area contributed by atoms with E-state index in [1.807, 2.05) is 31.3 Å². The molecule has 0 saturated heterocycles. The molecule has 1 aromatic carbocycles. The first-order valence-electron chi connectivity index (χ1n) is 7.40. The Bertz CT molecular complexity index is 595. The van der Waals surface area contributed by atoms with Gasteiger partial charge in [-0.05, 0) is 55.3 Å². The Morgan fingerprint density at radius 2 is 2.29 bits per heavy atom. The maximum atomic E-state index is 6.22. The van der Waals surface area contributed by atoms with Crippen molar-refractivity contribution in [3.8, 4) is 5.75 Å². The van der Waals surface area contributed by atoms with E-state index < -0.39 is 0 Å². The van der Waals surface area contributed by atoms with Gasteiger partial charge in [0.25, 0.3) is 0 Å². The van der Waals surface area contributed by atoms with Gasteiger partial charge in [0.2, 0.25) is 0 Å². The van der Waals surface area contributed by atoms with Crippen LogP contribution in [-0.4, -0.2) is 19.7 Å². The fourth-order valence-electron chi connectivity index (χ4n) is 2.88. The molecular formula is C17H20ClNO2. The van der Waals surface area contributed by atoms with Crippen LogP contribution in [0.25, 0.3) is 0 Å². The molecule has 2 heterocycles. The minimum atomic E-state index is 0.377. The molecule has 3 rings (SSSR count). The predicted octanol–water partition coefficient (Wildman–Crippen LogP) is 3.63. The minimum Gasteiger partial charge on any atom is -0.493 e. The number of aryl methyl sites for hydroxylation is 1. The molecule has 3 nitrogen and oxygen atoms in total. The Balaban J connectivity index is 1.69. The van der Waals surface area contributed by atoms with E-state index >= 15 is 0 Å². The lowest BCUT2D eigenvalue weighted by molar-refractivity contribution is 0.351. The van der Waals surface area contributed by atoms with Crippen LogP contribution >= 0.6 is 11.6 Å². The SMILES string of the molecule is CNC(CCc1ccco1)Cc1cc(Cl)cc2c1OCC2. The second-order valence-electron chi connectivity index (χ2n) is 5.46. The average Bonchev–Trinajstić information content (AvgIpc) is 3.13. The number of benzene rings is 1. The van der Waals surface area contributed by atoms with Crippen LogP contribution in [0, 0.1) is 0 Å². The highest BCUT2D eigenvalue weighted by Gasteiger charge is 2.20. The third-order valence-corrected chi connectivity index (χ3v) is 4.24. The van der Waals surface area contributed by atoms with Gasteiger partial charge in [0.15, 0.2) is 0 Å². The van der Waals surface area contributed by atoms with E-state index in [4.69, 9.17) is 20.8 Å². The number of hydrogen-bond acceptors (Lipinski definition) is 3. The van der Waals surface area contributed by atoms with E-state index in [0.717, 1.165) is 48.8 Å². The summed E-state index contributed by atoms with van der Waals surface area (Å²) < 4.78 is 11.2. The summed E-state index contributed by atoms with van der Waals surface area (Å²) in [6.07, 6.45) is 5.55. The molecule has 21 heavy (non-hydrogen) atoms. The van der Waals surface area contributed by atoms with Gasteiger partial charge < -0.3 is 14.5 Å². The smallest absolute Gasteiger partial charge is 0.125 e. The summed E-state index contributed by atoms with van der Waals surface area (Å²) in [5.41, 5.74) is 2.44. The number of likely N-dealkylation sites (N-methyl/N-ethyl adjacent to an activating group) is 1. The predicted molar refractivity (Wildman–Crippen MR) is 84.2 cm³/mol. The van der Waals surface area contributed by atoms with Crippen molar-refractivity contribution in [2.45, 2.75) is 31.7 Å². The van der Waals surface area contributed by atoms with Crippen LogP contribution in [0.3, 0.4) is 0 Å². The summed E-state index contributed by atoms with van der Waals surface area (Å²) in [5, 5.41) is 4.18. The van der Waals surface area contributed by atoms with Crippen molar-refractivity contribution in [1.29, 1.82) is 0 Å². The molecule has 0 saturated carbocycles. The largest absolute Gasteiger partial charge is 0.493 e. The molecule has 1 aliphatic rings. The van der Waals surface area contributed by atoms with Gasteiger partial charge in [-0.3, -0.25) is 0 Å². The van der Waals surface area contributed by atoms with E-state index in [2.05, 4.69) is 5.32 Å². The van der Waals surface area contributed by atoms with Crippen LogP contribution in [-0.2, 0) is 19.3 Å². The monoisotopic (exact) mass is 305 g/mol. The molecule has 4 heteroatoms. The maximum absolute atomic E-state index is 6.22.